The molecule has 3 rings (SSSR count). The summed E-state index contributed by atoms with van der Waals surface area (Å²) in [6, 6.07) is 12.9. The van der Waals surface area contributed by atoms with Crippen LogP contribution < -0.4 is 9.47 Å². The van der Waals surface area contributed by atoms with Crippen molar-refractivity contribution in [2.75, 3.05) is 27.4 Å². The fourth-order valence-electron chi connectivity index (χ4n) is 3.47. The number of aliphatic hydroxyl groups is 2. The van der Waals surface area contributed by atoms with E-state index in [-0.39, 0.29) is 24.5 Å². The fourth-order valence-corrected chi connectivity index (χ4v) is 3.47. The Labute approximate surface area is 168 Å². The molecule has 1 heterocycles. The van der Waals surface area contributed by atoms with E-state index in [4.69, 9.17) is 9.47 Å². The van der Waals surface area contributed by atoms with Crippen LogP contribution in [0.5, 0.6) is 11.5 Å². The molecule has 0 aliphatic carbocycles. The molecule has 152 valence electrons. The summed E-state index contributed by atoms with van der Waals surface area (Å²) in [6.45, 7) is 0.0476. The summed E-state index contributed by atoms with van der Waals surface area (Å²) in [4.78, 5) is 26.9. The van der Waals surface area contributed by atoms with Crippen molar-refractivity contribution in [2.45, 2.75) is 12.5 Å². The molecule has 2 aromatic carbocycles. The molecule has 1 saturated heterocycles. The number of methoxy groups -OCH3 is 2. The van der Waals surface area contributed by atoms with E-state index in [1.54, 1.807) is 48.5 Å². The molecule has 1 amide bonds. The van der Waals surface area contributed by atoms with Gasteiger partial charge in [0.25, 0.3) is 11.7 Å². The summed E-state index contributed by atoms with van der Waals surface area (Å²) >= 11 is 0. The first-order chi connectivity index (χ1) is 14.0. The minimum atomic E-state index is -0.804. The number of ether oxygens (including phenoxy) is 2. The second kappa shape index (κ2) is 8.79. The maximum atomic E-state index is 12.8. The van der Waals surface area contributed by atoms with Gasteiger partial charge in [0, 0.05) is 18.7 Å². The molecule has 1 aliphatic rings. The monoisotopic (exact) mass is 397 g/mol. The number of ketones is 1. The van der Waals surface area contributed by atoms with Crippen molar-refractivity contribution in [1.29, 1.82) is 0 Å². The summed E-state index contributed by atoms with van der Waals surface area (Å²) in [5, 5.41) is 20.1. The molecule has 1 fully saturated rings. The van der Waals surface area contributed by atoms with Crippen LogP contribution in [0.3, 0.4) is 0 Å². The summed E-state index contributed by atoms with van der Waals surface area (Å²) in [5.74, 6) is -0.765. The number of aliphatic hydroxyl groups excluding tert-OH is 2. The minimum Gasteiger partial charge on any atom is -0.507 e. The number of hydrogen-bond donors (Lipinski definition) is 2. The van der Waals surface area contributed by atoms with Crippen LogP contribution in [-0.2, 0) is 9.59 Å². The molecule has 2 N–H and O–H groups in total. The van der Waals surface area contributed by atoms with Gasteiger partial charge in [0.1, 0.15) is 5.76 Å². The Morgan fingerprint density at radius 3 is 2.34 bits per heavy atom. The van der Waals surface area contributed by atoms with Crippen molar-refractivity contribution in [3.8, 4) is 11.5 Å². The molecular formula is C22H23NO6. The van der Waals surface area contributed by atoms with Crippen LogP contribution >= 0.6 is 0 Å². The molecule has 7 heteroatoms. The van der Waals surface area contributed by atoms with Crippen molar-refractivity contribution in [3.05, 3.63) is 65.2 Å². The molecule has 0 spiro atoms. The smallest absolute Gasteiger partial charge is 0.295 e. The van der Waals surface area contributed by atoms with Crippen LogP contribution in [0.15, 0.2) is 54.1 Å². The van der Waals surface area contributed by atoms with E-state index >= 15 is 0 Å². The quantitative estimate of drug-likeness (QED) is 0.423. The van der Waals surface area contributed by atoms with Crippen LogP contribution in [0.4, 0.5) is 0 Å². The lowest BCUT2D eigenvalue weighted by atomic mass is 9.95. The maximum absolute atomic E-state index is 12.8. The van der Waals surface area contributed by atoms with Crippen LogP contribution in [0.1, 0.15) is 23.6 Å². The Morgan fingerprint density at radius 2 is 1.72 bits per heavy atom. The van der Waals surface area contributed by atoms with Crippen molar-refractivity contribution in [2.24, 2.45) is 0 Å². The minimum absolute atomic E-state index is 0.00589. The Morgan fingerprint density at radius 1 is 1.03 bits per heavy atom. The van der Waals surface area contributed by atoms with Crippen LogP contribution in [0.2, 0.25) is 0 Å². The zero-order valence-corrected chi connectivity index (χ0v) is 16.3. The SMILES string of the molecule is COc1ccc(C2/C(=C(/O)c3ccccc3)C(=O)C(=O)N2CCCO)cc1OC. The number of carbonyl (C=O) groups is 2. The number of hydrogen-bond acceptors (Lipinski definition) is 6. The first kappa shape index (κ1) is 20.4. The Kier molecular flexibility index (Phi) is 6.19. The highest BCUT2D eigenvalue weighted by atomic mass is 16.5. The number of likely N-dealkylation sites (tertiary alicyclic amines) is 1. The zero-order chi connectivity index (χ0) is 21.0. The fraction of sp³-hybridized carbons (Fsp3) is 0.273. The van der Waals surface area contributed by atoms with Crippen LogP contribution in [-0.4, -0.2) is 54.2 Å². The van der Waals surface area contributed by atoms with E-state index in [0.717, 1.165) is 0 Å². The topological polar surface area (TPSA) is 96.3 Å². The summed E-state index contributed by atoms with van der Waals surface area (Å²) < 4.78 is 10.6. The van der Waals surface area contributed by atoms with Gasteiger partial charge in [-0.25, -0.2) is 0 Å². The van der Waals surface area contributed by atoms with Gasteiger partial charge < -0.3 is 24.6 Å². The van der Waals surface area contributed by atoms with Gasteiger partial charge >= 0.3 is 0 Å². The van der Waals surface area contributed by atoms with Gasteiger partial charge in [-0.3, -0.25) is 9.59 Å². The molecule has 7 nitrogen and oxygen atoms in total. The molecular weight excluding hydrogens is 374 g/mol. The standard InChI is InChI=1S/C22H23NO6/c1-28-16-10-9-15(13-17(16)29-2)19-18(20(25)14-7-4-3-5-8-14)21(26)22(27)23(19)11-6-12-24/h3-5,7-10,13,19,24-25H,6,11-12H2,1-2H3/b20-18-. The van der Waals surface area contributed by atoms with E-state index in [2.05, 4.69) is 0 Å². The zero-order valence-electron chi connectivity index (χ0n) is 16.3. The third kappa shape index (κ3) is 3.82. The number of Topliss-reactive ketones (excluding diaryl/α,β-unsaturated/α-hetero) is 1. The van der Waals surface area contributed by atoms with Gasteiger partial charge in [-0.1, -0.05) is 36.4 Å². The average Bonchev–Trinajstić information content (AvgIpc) is 3.01. The van der Waals surface area contributed by atoms with E-state index < -0.39 is 17.7 Å². The second-order valence-electron chi connectivity index (χ2n) is 6.55. The van der Waals surface area contributed by atoms with Crippen molar-refractivity contribution < 1.29 is 29.3 Å². The molecule has 1 atom stereocenters. The highest BCUT2D eigenvalue weighted by Crippen LogP contribution is 2.41. The third-order valence-corrected chi connectivity index (χ3v) is 4.87. The van der Waals surface area contributed by atoms with Gasteiger partial charge in [-0.15, -0.1) is 0 Å². The molecule has 1 unspecified atom stereocenters. The van der Waals surface area contributed by atoms with Gasteiger partial charge in [0.15, 0.2) is 11.5 Å². The van der Waals surface area contributed by atoms with E-state index in [1.807, 2.05) is 0 Å². The van der Waals surface area contributed by atoms with E-state index in [0.29, 0.717) is 29.0 Å². The highest BCUT2D eigenvalue weighted by molar-refractivity contribution is 6.46. The van der Waals surface area contributed by atoms with E-state index in [9.17, 15) is 19.8 Å². The number of benzene rings is 2. The highest BCUT2D eigenvalue weighted by Gasteiger charge is 2.46. The lowest BCUT2D eigenvalue weighted by molar-refractivity contribution is -0.140. The average molecular weight is 397 g/mol. The molecule has 2 aromatic rings. The molecule has 0 aromatic heterocycles. The van der Waals surface area contributed by atoms with Gasteiger partial charge in [0.2, 0.25) is 0 Å². The van der Waals surface area contributed by atoms with Crippen molar-refractivity contribution in [1.82, 2.24) is 4.90 Å². The van der Waals surface area contributed by atoms with Crippen molar-refractivity contribution in [3.63, 3.8) is 0 Å². The van der Waals surface area contributed by atoms with Crippen LogP contribution in [0, 0.1) is 0 Å². The predicted octanol–water partition coefficient (Wildman–Crippen LogP) is 2.51. The normalized spacial score (nSPS) is 18.2. The lowest BCUT2D eigenvalue weighted by Gasteiger charge is -2.25. The predicted molar refractivity (Wildman–Crippen MR) is 107 cm³/mol. The first-order valence-corrected chi connectivity index (χ1v) is 9.20. The Bertz CT molecular complexity index is 938. The number of nitrogens with zero attached hydrogens (tertiary/aromatic N) is 1. The lowest BCUT2D eigenvalue weighted by Crippen LogP contribution is -2.31. The largest absolute Gasteiger partial charge is 0.507 e. The van der Waals surface area contributed by atoms with Gasteiger partial charge in [-0.05, 0) is 24.1 Å². The first-order valence-electron chi connectivity index (χ1n) is 9.20. The number of carbonyl (C=O) groups excluding carboxylic acids is 2. The van der Waals surface area contributed by atoms with Crippen LogP contribution in [0.25, 0.3) is 5.76 Å². The van der Waals surface area contributed by atoms with Gasteiger partial charge in [0.05, 0.1) is 25.8 Å². The third-order valence-electron chi connectivity index (χ3n) is 4.87. The maximum Gasteiger partial charge on any atom is 0.295 e. The van der Waals surface area contributed by atoms with Crippen molar-refractivity contribution >= 4 is 17.4 Å². The summed E-state index contributed by atoms with van der Waals surface area (Å²) in [6.07, 6.45) is 0.308. The molecule has 29 heavy (non-hydrogen) atoms. The summed E-state index contributed by atoms with van der Waals surface area (Å²) in [7, 11) is 3.01. The number of rotatable bonds is 7. The summed E-state index contributed by atoms with van der Waals surface area (Å²) in [5.41, 5.74) is 1.04. The molecule has 0 saturated carbocycles. The Hall–Kier alpha value is -3.32. The molecule has 0 bridgehead atoms. The van der Waals surface area contributed by atoms with E-state index in [1.165, 1.54) is 19.1 Å². The second-order valence-corrected chi connectivity index (χ2v) is 6.55. The molecule has 1 aliphatic heterocycles. The Balaban J connectivity index is 2.18. The molecule has 0 radical (unpaired) electrons. The van der Waals surface area contributed by atoms with Gasteiger partial charge in [-0.2, -0.15) is 0 Å². The number of amides is 1.